The Labute approximate surface area is 176 Å². The van der Waals surface area contributed by atoms with Crippen LogP contribution < -0.4 is 10.1 Å². The molecule has 1 amide bonds. The van der Waals surface area contributed by atoms with E-state index in [0.29, 0.717) is 35.3 Å². The Morgan fingerprint density at radius 1 is 1.28 bits per heavy atom. The molecule has 150 valence electrons. The van der Waals surface area contributed by atoms with Gasteiger partial charge in [0.1, 0.15) is 5.75 Å². The first kappa shape index (κ1) is 20.8. The molecule has 0 bridgehead atoms. The van der Waals surface area contributed by atoms with E-state index < -0.39 is 4.92 Å². The van der Waals surface area contributed by atoms with Crippen molar-refractivity contribution in [2.75, 3.05) is 11.9 Å². The number of rotatable bonds is 8. The number of carbonyl (C=O) groups is 1. The zero-order valence-electron chi connectivity index (χ0n) is 15.6. The van der Waals surface area contributed by atoms with Gasteiger partial charge < -0.3 is 10.1 Å². The van der Waals surface area contributed by atoms with Crippen LogP contribution in [0.25, 0.3) is 11.3 Å². The van der Waals surface area contributed by atoms with Crippen LogP contribution in [0.1, 0.15) is 18.4 Å². The average molecular weight is 432 g/mol. The highest BCUT2D eigenvalue weighted by Crippen LogP contribution is 2.26. The summed E-state index contributed by atoms with van der Waals surface area (Å²) in [5, 5.41) is 16.4. The predicted octanol–water partition coefficient (Wildman–Crippen LogP) is 5.48. The summed E-state index contributed by atoms with van der Waals surface area (Å²) < 4.78 is 5.68. The Morgan fingerprint density at radius 2 is 2.03 bits per heavy atom. The molecule has 0 spiro atoms. The molecule has 0 fully saturated rings. The van der Waals surface area contributed by atoms with Crippen LogP contribution in [0, 0.1) is 17.0 Å². The van der Waals surface area contributed by atoms with Gasteiger partial charge in [-0.2, -0.15) is 0 Å². The molecule has 9 heteroatoms. The molecule has 29 heavy (non-hydrogen) atoms. The predicted molar refractivity (Wildman–Crippen MR) is 114 cm³/mol. The number of ether oxygens (including phenoxy) is 1. The van der Waals surface area contributed by atoms with E-state index in [4.69, 9.17) is 16.3 Å². The van der Waals surface area contributed by atoms with Gasteiger partial charge in [-0.15, -0.1) is 11.3 Å². The minimum Gasteiger partial charge on any atom is -0.493 e. The smallest absolute Gasteiger partial charge is 0.269 e. The number of nitro groups is 1. The first-order chi connectivity index (χ1) is 13.9. The van der Waals surface area contributed by atoms with Crippen LogP contribution in [-0.2, 0) is 4.79 Å². The summed E-state index contributed by atoms with van der Waals surface area (Å²) in [6.07, 6.45) is 0.869. The second-order valence-corrected chi connectivity index (χ2v) is 7.55. The van der Waals surface area contributed by atoms with E-state index >= 15 is 0 Å². The Kier molecular flexibility index (Phi) is 6.79. The molecule has 7 nitrogen and oxygen atoms in total. The molecule has 1 N–H and O–H groups in total. The molecule has 0 atom stereocenters. The van der Waals surface area contributed by atoms with Crippen molar-refractivity contribution in [3.63, 3.8) is 0 Å². The van der Waals surface area contributed by atoms with Crippen molar-refractivity contribution in [2.24, 2.45) is 0 Å². The van der Waals surface area contributed by atoms with Crippen LogP contribution in [0.2, 0.25) is 5.02 Å². The maximum absolute atomic E-state index is 12.1. The molecule has 0 aliphatic heterocycles. The van der Waals surface area contributed by atoms with Crippen molar-refractivity contribution < 1.29 is 14.5 Å². The van der Waals surface area contributed by atoms with Crippen LogP contribution in [0.3, 0.4) is 0 Å². The van der Waals surface area contributed by atoms with Crippen LogP contribution in [0.15, 0.2) is 47.8 Å². The fourth-order valence-corrected chi connectivity index (χ4v) is 3.55. The number of amides is 1. The molecule has 1 aromatic heterocycles. The molecule has 1 heterocycles. The highest BCUT2D eigenvalue weighted by Gasteiger charge is 2.10. The molecule has 2 aromatic carbocycles. The minimum absolute atomic E-state index is 0.0218. The van der Waals surface area contributed by atoms with Gasteiger partial charge in [0.2, 0.25) is 5.91 Å². The molecule has 0 unspecified atom stereocenters. The van der Waals surface area contributed by atoms with Gasteiger partial charge >= 0.3 is 0 Å². The maximum Gasteiger partial charge on any atom is 0.269 e. The summed E-state index contributed by atoms with van der Waals surface area (Å²) in [6, 6.07) is 11.5. The Bertz CT molecular complexity index is 1020. The van der Waals surface area contributed by atoms with Crippen molar-refractivity contribution in [3.8, 4) is 17.0 Å². The van der Waals surface area contributed by atoms with Gasteiger partial charge in [0.15, 0.2) is 5.13 Å². The number of aromatic nitrogens is 1. The number of nitrogens with zero attached hydrogens (tertiary/aromatic N) is 2. The zero-order chi connectivity index (χ0) is 20.8. The summed E-state index contributed by atoms with van der Waals surface area (Å²) in [6.45, 7) is 2.33. The van der Waals surface area contributed by atoms with Crippen LogP contribution >= 0.6 is 22.9 Å². The average Bonchev–Trinajstić information content (AvgIpc) is 3.15. The fourth-order valence-electron chi connectivity index (χ4n) is 2.59. The molecular formula is C20H18ClN3O4S. The molecule has 3 aromatic rings. The Hall–Kier alpha value is -2.97. The lowest BCUT2D eigenvalue weighted by Gasteiger charge is -2.09. The summed E-state index contributed by atoms with van der Waals surface area (Å²) in [5.41, 5.74) is 2.37. The van der Waals surface area contributed by atoms with Crippen LogP contribution in [-0.4, -0.2) is 22.4 Å². The number of hydrogen-bond donors (Lipinski definition) is 1. The van der Waals surface area contributed by atoms with Crippen molar-refractivity contribution >= 4 is 39.7 Å². The standard InChI is InChI=1S/C20H18ClN3O4S/c1-13-11-15(21)6-9-18(13)28-10-2-3-19(25)23-20-22-17(12-29-20)14-4-7-16(8-5-14)24(26)27/h4-9,11-12H,2-3,10H2,1H3,(H,22,23,25). The van der Waals surface area contributed by atoms with Gasteiger partial charge in [0.05, 0.1) is 17.2 Å². The van der Waals surface area contributed by atoms with Crippen molar-refractivity contribution in [1.82, 2.24) is 4.98 Å². The van der Waals surface area contributed by atoms with Gasteiger partial charge in [-0.25, -0.2) is 4.98 Å². The third kappa shape index (κ3) is 5.75. The number of carbonyl (C=O) groups excluding carboxylic acids is 1. The number of halogens is 1. The van der Waals surface area contributed by atoms with Gasteiger partial charge in [0, 0.05) is 34.5 Å². The van der Waals surface area contributed by atoms with Gasteiger partial charge in [-0.1, -0.05) is 11.6 Å². The van der Waals surface area contributed by atoms with E-state index in [1.807, 2.05) is 19.1 Å². The van der Waals surface area contributed by atoms with E-state index in [2.05, 4.69) is 10.3 Å². The lowest BCUT2D eigenvalue weighted by Crippen LogP contribution is -2.12. The first-order valence-electron chi connectivity index (χ1n) is 8.81. The number of benzene rings is 2. The molecule has 3 rings (SSSR count). The zero-order valence-corrected chi connectivity index (χ0v) is 17.1. The van der Waals surface area contributed by atoms with E-state index in [9.17, 15) is 14.9 Å². The van der Waals surface area contributed by atoms with Crippen molar-refractivity contribution in [1.29, 1.82) is 0 Å². The highest BCUT2D eigenvalue weighted by atomic mass is 35.5. The molecule has 0 aliphatic rings. The maximum atomic E-state index is 12.1. The van der Waals surface area contributed by atoms with Crippen LogP contribution in [0.4, 0.5) is 10.8 Å². The Balaban J connectivity index is 1.47. The monoisotopic (exact) mass is 431 g/mol. The summed E-state index contributed by atoms with van der Waals surface area (Å²) in [7, 11) is 0. The number of nitrogens with one attached hydrogen (secondary N) is 1. The molecule has 0 aliphatic carbocycles. The summed E-state index contributed by atoms with van der Waals surface area (Å²) in [5.74, 6) is 0.605. The van der Waals surface area contributed by atoms with Gasteiger partial charge in [0.25, 0.3) is 5.69 Å². The Morgan fingerprint density at radius 3 is 2.72 bits per heavy atom. The first-order valence-corrected chi connectivity index (χ1v) is 10.1. The normalized spacial score (nSPS) is 10.6. The van der Waals surface area contributed by atoms with Gasteiger partial charge in [-0.3, -0.25) is 14.9 Å². The summed E-state index contributed by atoms with van der Waals surface area (Å²) >= 11 is 7.22. The van der Waals surface area contributed by atoms with E-state index in [1.165, 1.54) is 23.5 Å². The lowest BCUT2D eigenvalue weighted by molar-refractivity contribution is -0.384. The van der Waals surface area contributed by atoms with E-state index in [-0.39, 0.29) is 11.6 Å². The molecule has 0 saturated heterocycles. The topological polar surface area (TPSA) is 94.4 Å². The van der Waals surface area contributed by atoms with Crippen molar-refractivity contribution in [2.45, 2.75) is 19.8 Å². The number of non-ortho nitro benzene ring substituents is 1. The van der Waals surface area contributed by atoms with E-state index in [0.717, 1.165) is 16.9 Å². The highest BCUT2D eigenvalue weighted by molar-refractivity contribution is 7.14. The summed E-state index contributed by atoms with van der Waals surface area (Å²) in [4.78, 5) is 26.7. The molecular weight excluding hydrogens is 414 g/mol. The third-order valence-corrected chi connectivity index (χ3v) is 5.06. The number of thiazole rings is 1. The lowest BCUT2D eigenvalue weighted by atomic mass is 10.1. The third-order valence-electron chi connectivity index (χ3n) is 4.07. The second kappa shape index (κ2) is 9.49. The molecule has 0 radical (unpaired) electrons. The number of nitro benzene ring substituents is 1. The SMILES string of the molecule is Cc1cc(Cl)ccc1OCCCC(=O)Nc1nc(-c2ccc([N+](=O)[O-])cc2)cs1. The van der Waals surface area contributed by atoms with Crippen molar-refractivity contribution in [3.05, 3.63) is 68.5 Å². The fraction of sp³-hybridized carbons (Fsp3) is 0.200. The van der Waals surface area contributed by atoms with E-state index in [1.54, 1.807) is 23.6 Å². The number of anilines is 1. The van der Waals surface area contributed by atoms with Crippen LogP contribution in [0.5, 0.6) is 5.75 Å². The molecule has 0 saturated carbocycles. The van der Waals surface area contributed by atoms with Gasteiger partial charge in [-0.05, 0) is 49.2 Å². The largest absolute Gasteiger partial charge is 0.493 e. The quantitative estimate of drug-likeness (QED) is 0.289. The number of aryl methyl sites for hydroxylation is 1. The minimum atomic E-state index is -0.450. The number of hydrogen-bond acceptors (Lipinski definition) is 6. The second-order valence-electron chi connectivity index (χ2n) is 6.25.